The summed E-state index contributed by atoms with van der Waals surface area (Å²) in [7, 11) is 3.00. The predicted octanol–water partition coefficient (Wildman–Crippen LogP) is 1.16. The molecule has 0 unspecified atom stereocenters. The number of fused-ring (bicyclic) bond motifs is 3. The van der Waals surface area contributed by atoms with E-state index < -0.39 is 69.7 Å². The van der Waals surface area contributed by atoms with Gasteiger partial charge >= 0.3 is 0 Å². The summed E-state index contributed by atoms with van der Waals surface area (Å²) in [5.41, 5.74) is 0.846. The van der Waals surface area contributed by atoms with E-state index in [1.54, 1.807) is 0 Å². The number of hydrogen-bond acceptors (Lipinski definition) is 10. The van der Waals surface area contributed by atoms with Crippen LogP contribution in [0.5, 0.6) is 5.75 Å². The van der Waals surface area contributed by atoms with Gasteiger partial charge in [0, 0.05) is 23.6 Å². The van der Waals surface area contributed by atoms with Gasteiger partial charge in [-0.15, -0.1) is 24.8 Å². The number of amides is 1. The summed E-state index contributed by atoms with van der Waals surface area (Å²) < 4.78 is 15.0. The molecule has 1 heterocycles. The number of ketones is 2. The van der Waals surface area contributed by atoms with Gasteiger partial charge in [0.1, 0.15) is 17.1 Å². The number of rotatable bonds is 5. The van der Waals surface area contributed by atoms with Crippen molar-refractivity contribution in [1.82, 2.24) is 9.88 Å². The first-order valence-electron chi connectivity index (χ1n) is 11.2. The van der Waals surface area contributed by atoms with Crippen molar-refractivity contribution < 1.29 is 39.2 Å². The highest BCUT2D eigenvalue weighted by atomic mass is 35.5. The molecule has 37 heavy (non-hydrogen) atoms. The molecule has 4 atom stereocenters. The van der Waals surface area contributed by atoms with Crippen molar-refractivity contribution in [2.45, 2.75) is 37.8 Å². The molecule has 1 aromatic rings. The number of aliphatic hydroxyl groups excluding tert-OH is 2. The Hall–Kier alpha value is -2.93. The van der Waals surface area contributed by atoms with Gasteiger partial charge in [0.2, 0.25) is 11.7 Å². The van der Waals surface area contributed by atoms with Crippen molar-refractivity contribution in [3.63, 3.8) is 0 Å². The van der Waals surface area contributed by atoms with Gasteiger partial charge < -0.3 is 31.5 Å². The quantitative estimate of drug-likeness (QED) is 0.224. The summed E-state index contributed by atoms with van der Waals surface area (Å²) in [6, 6.07) is -1.20. The number of halogens is 3. The van der Waals surface area contributed by atoms with Crippen molar-refractivity contribution in [2.24, 2.45) is 17.6 Å². The number of aliphatic hydroxyl groups is 3. The highest BCUT2D eigenvalue weighted by Gasteiger charge is 2.64. The Labute approximate surface area is 224 Å². The molecule has 7 N–H and O–H groups in total. The molecule has 1 aromatic heterocycles. The molecule has 0 bridgehead atoms. The maximum absolute atomic E-state index is 15.0. The lowest BCUT2D eigenvalue weighted by Gasteiger charge is -2.50. The van der Waals surface area contributed by atoms with Crippen LogP contribution in [0.3, 0.4) is 0 Å². The number of nitrogens with zero attached hydrogens (tertiary/aromatic N) is 2. The molecule has 0 spiro atoms. The van der Waals surface area contributed by atoms with E-state index in [0.717, 1.165) is 0 Å². The monoisotopic (exact) mass is 562 g/mol. The maximum atomic E-state index is 15.0. The first-order valence-corrected chi connectivity index (χ1v) is 11.2. The van der Waals surface area contributed by atoms with E-state index in [9.17, 15) is 39.2 Å². The molecular formula is C23H29Cl2FN4O7. The second-order valence-corrected chi connectivity index (χ2v) is 9.34. The second kappa shape index (κ2) is 10.4. The van der Waals surface area contributed by atoms with E-state index in [1.807, 2.05) is 6.92 Å². The summed E-state index contributed by atoms with van der Waals surface area (Å²) in [6.07, 6.45) is 0.359. The van der Waals surface area contributed by atoms with E-state index in [4.69, 9.17) is 5.73 Å². The van der Waals surface area contributed by atoms with E-state index in [-0.39, 0.29) is 60.2 Å². The van der Waals surface area contributed by atoms with Gasteiger partial charge in [-0.3, -0.25) is 19.3 Å². The van der Waals surface area contributed by atoms with Gasteiger partial charge in [0.15, 0.2) is 23.0 Å². The number of aromatic hydroxyl groups is 1. The van der Waals surface area contributed by atoms with Crippen molar-refractivity contribution in [1.29, 1.82) is 0 Å². The number of pyridine rings is 1. The van der Waals surface area contributed by atoms with Crippen LogP contribution in [0.1, 0.15) is 30.9 Å². The predicted molar refractivity (Wildman–Crippen MR) is 135 cm³/mol. The number of likely N-dealkylation sites (N-methyl/N-ethyl adjacent to an activating group) is 1. The molecule has 0 aliphatic heterocycles. The fourth-order valence-corrected chi connectivity index (χ4v) is 5.52. The first-order chi connectivity index (χ1) is 16.4. The van der Waals surface area contributed by atoms with E-state index in [1.165, 1.54) is 19.0 Å². The molecule has 204 valence electrons. The van der Waals surface area contributed by atoms with Crippen LogP contribution >= 0.6 is 24.8 Å². The number of Topliss-reactive ketones (excluding diaryl/α,β-unsaturated/α-hetero) is 2. The molecule has 0 saturated heterocycles. The summed E-state index contributed by atoms with van der Waals surface area (Å²) in [5.74, 6) is -9.08. The van der Waals surface area contributed by atoms with Crippen molar-refractivity contribution in [3.8, 4) is 5.75 Å². The summed E-state index contributed by atoms with van der Waals surface area (Å²) in [6.45, 7) is 2.20. The van der Waals surface area contributed by atoms with Crippen LogP contribution in [0, 0.1) is 17.8 Å². The van der Waals surface area contributed by atoms with Gasteiger partial charge in [0.25, 0.3) is 5.91 Å². The Balaban J connectivity index is 0.00000241. The summed E-state index contributed by atoms with van der Waals surface area (Å²) >= 11 is 0. The van der Waals surface area contributed by atoms with Gasteiger partial charge in [-0.2, -0.15) is 9.37 Å². The average Bonchev–Trinajstić information content (AvgIpc) is 2.77. The van der Waals surface area contributed by atoms with Crippen molar-refractivity contribution >= 4 is 53.9 Å². The molecule has 1 fully saturated rings. The smallest absolute Gasteiger partial charge is 0.255 e. The Morgan fingerprint density at radius 3 is 2.41 bits per heavy atom. The number of carbonyl (C=O) groups excluding carboxylic acids is 3. The summed E-state index contributed by atoms with van der Waals surface area (Å²) in [4.78, 5) is 43.8. The number of hydrogen-bond donors (Lipinski definition) is 6. The lowest BCUT2D eigenvalue weighted by Crippen LogP contribution is -2.65. The van der Waals surface area contributed by atoms with E-state index in [2.05, 4.69) is 10.3 Å². The highest BCUT2D eigenvalue weighted by molar-refractivity contribution is 6.24. The van der Waals surface area contributed by atoms with Crippen LogP contribution in [0.25, 0.3) is 5.76 Å². The zero-order valence-electron chi connectivity index (χ0n) is 20.2. The number of anilines is 1. The third kappa shape index (κ3) is 4.21. The molecule has 14 heteroatoms. The van der Waals surface area contributed by atoms with Gasteiger partial charge in [-0.1, -0.05) is 6.92 Å². The molecule has 1 saturated carbocycles. The van der Waals surface area contributed by atoms with Crippen LogP contribution < -0.4 is 11.1 Å². The molecular weight excluding hydrogens is 534 g/mol. The largest absolute Gasteiger partial charge is 0.508 e. The second-order valence-electron chi connectivity index (χ2n) is 9.34. The zero-order chi connectivity index (χ0) is 26.0. The van der Waals surface area contributed by atoms with Crippen molar-refractivity contribution in [2.75, 3.05) is 26.0 Å². The normalized spacial score (nSPS) is 26.6. The summed E-state index contributed by atoms with van der Waals surface area (Å²) in [5, 5.41) is 46.9. The third-order valence-corrected chi connectivity index (χ3v) is 7.08. The lowest BCUT2D eigenvalue weighted by atomic mass is 9.57. The number of aromatic nitrogens is 1. The molecule has 1 amide bonds. The SMILES string of the molecule is CCCNc1nc(F)c2c(c1O)C(O)=C1C(=O)[C@]3(O)C(O)=C(C(N)=O)C(=O)[C@@H](N(C)C)[C@@H]3C[C@@H]1C2.Cl.Cl. The molecule has 3 aliphatic carbocycles. The number of carbonyl (C=O) groups is 3. The highest BCUT2D eigenvalue weighted by Crippen LogP contribution is 2.53. The van der Waals surface area contributed by atoms with Crippen LogP contribution in [0.4, 0.5) is 10.2 Å². The Bertz CT molecular complexity index is 1240. The Morgan fingerprint density at radius 1 is 1.24 bits per heavy atom. The van der Waals surface area contributed by atoms with Crippen LogP contribution in [-0.2, 0) is 20.8 Å². The maximum Gasteiger partial charge on any atom is 0.255 e. The molecule has 4 rings (SSSR count). The standard InChI is InChI=1S/C23H27FN4O7.2ClH/c1-4-5-26-22-17(31)12-9(20(24)27-22)6-8-7-10-14(28(2)3)16(30)13(21(25)34)19(33)23(10,35)18(32)11(8)15(12)29;;/h8,10,14,29,31,33,35H,4-7H2,1-3H3,(H2,25,34)(H,26,27);2*1H/t8-,10-,14-,23-;;/m0../s1. The minimum absolute atomic E-state index is 0. The number of nitrogens with two attached hydrogens (primary N) is 1. The Kier molecular flexibility index (Phi) is 8.55. The van der Waals surface area contributed by atoms with E-state index in [0.29, 0.717) is 13.0 Å². The van der Waals surface area contributed by atoms with Crippen LogP contribution in [-0.4, -0.2) is 80.1 Å². The fourth-order valence-electron chi connectivity index (χ4n) is 5.52. The van der Waals surface area contributed by atoms with Crippen LogP contribution in [0.15, 0.2) is 16.9 Å². The molecule has 11 nitrogen and oxygen atoms in total. The zero-order valence-corrected chi connectivity index (χ0v) is 21.9. The Morgan fingerprint density at radius 2 is 1.86 bits per heavy atom. The average molecular weight is 563 g/mol. The van der Waals surface area contributed by atoms with Crippen molar-refractivity contribution in [3.05, 3.63) is 34.0 Å². The van der Waals surface area contributed by atoms with Gasteiger partial charge in [0.05, 0.1) is 11.6 Å². The minimum atomic E-state index is -2.74. The van der Waals surface area contributed by atoms with Crippen LogP contribution in [0.2, 0.25) is 0 Å². The van der Waals surface area contributed by atoms with Gasteiger partial charge in [-0.05, 0) is 39.3 Å². The lowest BCUT2D eigenvalue weighted by molar-refractivity contribution is -0.153. The molecule has 0 aromatic carbocycles. The number of primary amides is 1. The number of nitrogens with one attached hydrogen (secondary N) is 1. The molecule has 0 radical (unpaired) electrons. The topological polar surface area (TPSA) is 186 Å². The molecule has 3 aliphatic rings. The third-order valence-electron chi connectivity index (χ3n) is 7.08. The van der Waals surface area contributed by atoms with E-state index >= 15 is 0 Å². The minimum Gasteiger partial charge on any atom is -0.508 e. The first kappa shape index (κ1) is 30.3. The fraction of sp³-hybridized carbons (Fsp3) is 0.478. The van der Waals surface area contributed by atoms with Gasteiger partial charge in [-0.25, -0.2) is 0 Å².